The Morgan fingerprint density at radius 1 is 1.23 bits per heavy atom. The summed E-state index contributed by atoms with van der Waals surface area (Å²) in [6, 6.07) is 5.23. The van der Waals surface area contributed by atoms with Crippen LogP contribution in [-0.4, -0.2) is 34.2 Å². The van der Waals surface area contributed by atoms with Gasteiger partial charge >= 0.3 is 0 Å². The molecule has 3 heterocycles. The summed E-state index contributed by atoms with van der Waals surface area (Å²) >= 11 is 0. The Morgan fingerprint density at radius 3 is 2.70 bits per heavy atom. The van der Waals surface area contributed by atoms with E-state index in [-0.39, 0.29) is 11.7 Å². The molecule has 0 amide bonds. The van der Waals surface area contributed by atoms with Crippen LogP contribution in [0.1, 0.15) is 42.8 Å². The van der Waals surface area contributed by atoms with Crippen LogP contribution in [-0.2, 0) is 4.74 Å². The predicted molar refractivity (Wildman–Crippen MR) is 108 cm³/mol. The van der Waals surface area contributed by atoms with E-state index in [4.69, 9.17) is 4.74 Å². The molecule has 1 fully saturated rings. The maximum absolute atomic E-state index is 14.6. The van der Waals surface area contributed by atoms with Gasteiger partial charge in [0, 0.05) is 24.1 Å². The number of fused-ring (bicyclic) bond motifs is 1. The fourth-order valence-electron chi connectivity index (χ4n) is 3.37. The van der Waals surface area contributed by atoms with Crippen LogP contribution in [0.5, 0.6) is 0 Å². The van der Waals surface area contributed by atoms with Gasteiger partial charge in [-0.05, 0) is 26.3 Å². The van der Waals surface area contributed by atoms with Crippen LogP contribution in [0.4, 0.5) is 24.8 Å². The van der Waals surface area contributed by atoms with Crippen molar-refractivity contribution in [3.8, 4) is 0 Å². The molecule has 0 unspecified atom stereocenters. The van der Waals surface area contributed by atoms with Crippen LogP contribution in [0.25, 0.3) is 10.9 Å². The number of rotatable bonds is 7. The molecule has 0 spiro atoms. The Labute approximate surface area is 171 Å². The number of halogens is 3. The van der Waals surface area contributed by atoms with Gasteiger partial charge in [-0.3, -0.25) is 0 Å². The third-order valence-corrected chi connectivity index (χ3v) is 5.11. The Morgan fingerprint density at radius 2 is 2.00 bits per heavy atom. The lowest BCUT2D eigenvalue weighted by atomic mass is 10.0. The van der Waals surface area contributed by atoms with Gasteiger partial charge in [0.1, 0.15) is 23.3 Å². The van der Waals surface area contributed by atoms with Crippen molar-refractivity contribution in [2.45, 2.75) is 38.8 Å². The van der Waals surface area contributed by atoms with Gasteiger partial charge in [-0.15, -0.1) is 0 Å². The van der Waals surface area contributed by atoms with Crippen molar-refractivity contribution >= 4 is 22.5 Å². The molecule has 1 aliphatic heterocycles. The van der Waals surface area contributed by atoms with Crippen LogP contribution in [0, 0.1) is 12.7 Å². The summed E-state index contributed by atoms with van der Waals surface area (Å²) in [5, 5.41) is 7.08. The number of nitrogens with one attached hydrogen (secondary N) is 2. The zero-order chi connectivity index (χ0) is 21.3. The zero-order valence-electron chi connectivity index (χ0n) is 16.6. The highest BCUT2D eigenvalue weighted by Crippen LogP contribution is 2.30. The van der Waals surface area contributed by atoms with Gasteiger partial charge in [-0.2, -0.15) is 0 Å². The van der Waals surface area contributed by atoms with Gasteiger partial charge in [0.2, 0.25) is 0 Å². The summed E-state index contributed by atoms with van der Waals surface area (Å²) in [6.45, 7) is 4.87. The van der Waals surface area contributed by atoms with Crippen molar-refractivity contribution < 1.29 is 17.9 Å². The number of hydrogen-bond acceptors (Lipinski definition) is 6. The van der Waals surface area contributed by atoms with Gasteiger partial charge in [0.25, 0.3) is 6.43 Å². The third kappa shape index (κ3) is 4.16. The SMILES string of the molecule is Cc1nc(N[C@H](C)c2cccc(C(F)F)c2F)c2cc(NC[C@H]3CCO3)ncc2n1. The largest absolute Gasteiger partial charge is 0.376 e. The van der Waals surface area contributed by atoms with Gasteiger partial charge in [0.15, 0.2) is 0 Å². The summed E-state index contributed by atoms with van der Waals surface area (Å²) in [6.07, 6.45) is -0.0451. The molecule has 3 aromatic rings. The number of nitrogens with zero attached hydrogens (tertiary/aromatic N) is 3. The summed E-state index contributed by atoms with van der Waals surface area (Å²) in [7, 11) is 0. The van der Waals surface area contributed by atoms with Crippen molar-refractivity contribution in [1.82, 2.24) is 15.0 Å². The van der Waals surface area contributed by atoms with E-state index in [1.807, 2.05) is 6.07 Å². The van der Waals surface area contributed by atoms with Crippen molar-refractivity contribution in [1.29, 1.82) is 0 Å². The number of aromatic nitrogens is 3. The number of aryl methyl sites for hydroxylation is 1. The zero-order valence-corrected chi connectivity index (χ0v) is 16.6. The Bertz CT molecular complexity index is 1060. The second kappa shape index (κ2) is 8.43. The van der Waals surface area contributed by atoms with E-state index in [1.165, 1.54) is 12.1 Å². The lowest BCUT2D eigenvalue weighted by molar-refractivity contribution is -0.0410. The predicted octanol–water partition coefficient (Wildman–Crippen LogP) is 4.78. The maximum atomic E-state index is 14.6. The molecule has 0 aliphatic carbocycles. The van der Waals surface area contributed by atoms with Crippen LogP contribution in [0.15, 0.2) is 30.5 Å². The quantitative estimate of drug-likeness (QED) is 0.576. The molecular formula is C21H22F3N5O. The smallest absolute Gasteiger partial charge is 0.266 e. The molecular weight excluding hydrogens is 395 g/mol. The summed E-state index contributed by atoms with van der Waals surface area (Å²) in [5.41, 5.74) is 0.162. The maximum Gasteiger partial charge on any atom is 0.266 e. The molecule has 0 radical (unpaired) electrons. The highest BCUT2D eigenvalue weighted by molar-refractivity contribution is 5.90. The van der Waals surface area contributed by atoms with Crippen LogP contribution in [0.3, 0.4) is 0 Å². The number of alkyl halides is 2. The number of pyridine rings is 1. The number of anilines is 2. The molecule has 0 bridgehead atoms. The monoisotopic (exact) mass is 417 g/mol. The van der Waals surface area contributed by atoms with Crippen molar-refractivity contribution in [3.63, 3.8) is 0 Å². The normalized spacial score (nSPS) is 17.1. The van der Waals surface area contributed by atoms with Gasteiger partial charge in [-0.25, -0.2) is 28.1 Å². The van der Waals surface area contributed by atoms with E-state index >= 15 is 0 Å². The molecule has 1 aromatic carbocycles. The Balaban J connectivity index is 1.63. The lowest BCUT2D eigenvalue weighted by Crippen LogP contribution is -2.33. The first-order valence-electron chi connectivity index (χ1n) is 9.75. The second-order valence-electron chi connectivity index (χ2n) is 7.29. The fourth-order valence-corrected chi connectivity index (χ4v) is 3.37. The van der Waals surface area contributed by atoms with E-state index in [9.17, 15) is 13.2 Å². The first-order chi connectivity index (χ1) is 14.4. The number of hydrogen-bond donors (Lipinski definition) is 2. The van der Waals surface area contributed by atoms with E-state index in [0.717, 1.165) is 19.1 Å². The minimum atomic E-state index is -2.88. The first-order valence-corrected chi connectivity index (χ1v) is 9.75. The summed E-state index contributed by atoms with van der Waals surface area (Å²) < 4.78 is 46.1. The lowest BCUT2D eigenvalue weighted by Gasteiger charge is -2.26. The van der Waals surface area contributed by atoms with Crippen molar-refractivity contribution in [2.24, 2.45) is 0 Å². The summed E-state index contributed by atoms with van der Waals surface area (Å²) in [4.78, 5) is 13.2. The highest BCUT2D eigenvalue weighted by Gasteiger charge is 2.21. The molecule has 2 atom stereocenters. The minimum absolute atomic E-state index is 0.145. The average molecular weight is 417 g/mol. The van der Waals surface area contributed by atoms with Gasteiger partial charge < -0.3 is 15.4 Å². The molecule has 1 saturated heterocycles. The first kappa shape index (κ1) is 20.3. The van der Waals surface area contributed by atoms with E-state index in [0.29, 0.717) is 34.9 Å². The molecule has 0 saturated carbocycles. The van der Waals surface area contributed by atoms with Crippen molar-refractivity contribution in [3.05, 3.63) is 53.2 Å². The molecule has 30 heavy (non-hydrogen) atoms. The summed E-state index contributed by atoms with van der Waals surface area (Å²) in [5.74, 6) is 0.737. The highest BCUT2D eigenvalue weighted by atomic mass is 19.3. The third-order valence-electron chi connectivity index (χ3n) is 5.11. The van der Waals surface area contributed by atoms with Crippen LogP contribution < -0.4 is 10.6 Å². The second-order valence-corrected chi connectivity index (χ2v) is 7.29. The molecule has 158 valence electrons. The minimum Gasteiger partial charge on any atom is -0.376 e. The molecule has 1 aliphatic rings. The van der Waals surface area contributed by atoms with Crippen molar-refractivity contribution in [2.75, 3.05) is 23.8 Å². The van der Waals surface area contributed by atoms with Gasteiger partial charge in [0.05, 0.1) is 29.4 Å². The van der Waals surface area contributed by atoms with E-state index in [2.05, 4.69) is 25.6 Å². The fraction of sp³-hybridized carbons (Fsp3) is 0.381. The Hall–Kier alpha value is -2.94. The number of ether oxygens (including phenoxy) is 1. The molecule has 4 rings (SSSR count). The molecule has 9 heteroatoms. The Kier molecular flexibility index (Phi) is 5.72. The molecule has 6 nitrogen and oxygen atoms in total. The molecule has 2 N–H and O–H groups in total. The molecule has 2 aromatic heterocycles. The van der Waals surface area contributed by atoms with E-state index < -0.39 is 23.8 Å². The standard InChI is InChI=1S/C21H22F3N5O/c1-11(14-4-3-5-15(19(14)22)20(23)24)27-21-16-8-18(25-9-13-6-7-30-13)26-10-17(16)28-12(2)29-21/h3-5,8,10-11,13,20H,6-7,9H2,1-2H3,(H,25,26)(H,27,28,29)/t11-,13-/m1/s1. The van der Waals surface area contributed by atoms with Gasteiger partial charge in [-0.1, -0.05) is 18.2 Å². The van der Waals surface area contributed by atoms with Crippen LogP contribution >= 0.6 is 0 Å². The number of benzene rings is 1. The van der Waals surface area contributed by atoms with E-state index in [1.54, 1.807) is 20.0 Å². The topological polar surface area (TPSA) is 72.0 Å². The average Bonchev–Trinajstić information content (AvgIpc) is 2.66. The van der Waals surface area contributed by atoms with Crippen LogP contribution in [0.2, 0.25) is 0 Å².